The highest BCUT2D eigenvalue weighted by atomic mass is 19.4. The van der Waals surface area contributed by atoms with Gasteiger partial charge in [-0.05, 0) is 25.1 Å². The minimum Gasteiger partial charge on any atom is -0.304 e. The third-order valence-electron chi connectivity index (χ3n) is 2.94. The molecule has 2 aromatic heterocycles. The van der Waals surface area contributed by atoms with Crippen LogP contribution in [0.3, 0.4) is 0 Å². The molecule has 1 unspecified atom stereocenters. The van der Waals surface area contributed by atoms with Crippen molar-refractivity contribution in [3.63, 3.8) is 0 Å². The first-order valence-electron chi connectivity index (χ1n) is 6.46. The van der Waals surface area contributed by atoms with E-state index in [1.54, 1.807) is 12.4 Å². The summed E-state index contributed by atoms with van der Waals surface area (Å²) >= 11 is 0. The number of hydrogen-bond acceptors (Lipinski definition) is 4. The lowest BCUT2D eigenvalue weighted by molar-refractivity contribution is -0.138. The Balaban J connectivity index is 2.51. The summed E-state index contributed by atoms with van der Waals surface area (Å²) in [7, 11) is 0. The van der Waals surface area contributed by atoms with Gasteiger partial charge in [0.25, 0.3) is 0 Å². The maximum absolute atomic E-state index is 13.1. The third-order valence-corrected chi connectivity index (χ3v) is 2.94. The van der Waals surface area contributed by atoms with Crippen molar-refractivity contribution in [2.24, 2.45) is 0 Å². The maximum atomic E-state index is 13.1. The zero-order valence-electron chi connectivity index (χ0n) is 11.6. The van der Waals surface area contributed by atoms with Crippen LogP contribution in [0.2, 0.25) is 0 Å². The minimum atomic E-state index is -4.45. The lowest BCUT2D eigenvalue weighted by Gasteiger charge is -2.20. The summed E-state index contributed by atoms with van der Waals surface area (Å²) < 4.78 is 39.4. The standard InChI is InChI=1S/C14H15F3N4/c1-3-19-12(13-20-6-9(2)7-21-13)10-8-18-5-4-11(10)14(15,16)17/h4-8,12,19H,3H2,1-2H3. The Morgan fingerprint density at radius 1 is 1.19 bits per heavy atom. The SMILES string of the molecule is CCNC(c1ncc(C)cn1)c1cnccc1C(F)(F)F. The number of aromatic nitrogens is 3. The van der Waals surface area contributed by atoms with Gasteiger partial charge in [-0.15, -0.1) is 0 Å². The molecule has 0 fully saturated rings. The van der Waals surface area contributed by atoms with Crippen LogP contribution in [0.15, 0.2) is 30.9 Å². The molecule has 0 radical (unpaired) electrons. The number of pyridine rings is 1. The first-order chi connectivity index (χ1) is 9.93. The number of hydrogen-bond donors (Lipinski definition) is 1. The van der Waals surface area contributed by atoms with Crippen LogP contribution in [0, 0.1) is 6.92 Å². The average molecular weight is 296 g/mol. The zero-order chi connectivity index (χ0) is 15.5. The van der Waals surface area contributed by atoms with Crippen LogP contribution in [0.1, 0.15) is 35.5 Å². The fourth-order valence-electron chi connectivity index (χ4n) is 1.99. The summed E-state index contributed by atoms with van der Waals surface area (Å²) in [6.45, 7) is 4.11. The van der Waals surface area contributed by atoms with Crippen LogP contribution in [0.4, 0.5) is 13.2 Å². The highest BCUT2D eigenvalue weighted by Crippen LogP contribution is 2.35. The molecule has 1 N–H and O–H groups in total. The van der Waals surface area contributed by atoms with E-state index in [9.17, 15) is 13.2 Å². The monoisotopic (exact) mass is 296 g/mol. The smallest absolute Gasteiger partial charge is 0.304 e. The van der Waals surface area contributed by atoms with E-state index in [-0.39, 0.29) is 5.56 Å². The molecule has 2 rings (SSSR count). The summed E-state index contributed by atoms with van der Waals surface area (Å²) in [6.07, 6.45) is 1.05. The zero-order valence-corrected chi connectivity index (χ0v) is 11.6. The van der Waals surface area contributed by atoms with Crippen LogP contribution in [0.25, 0.3) is 0 Å². The molecule has 4 nitrogen and oxygen atoms in total. The third kappa shape index (κ3) is 3.55. The molecule has 112 valence electrons. The summed E-state index contributed by atoms with van der Waals surface area (Å²) in [6, 6.07) is 0.217. The fourth-order valence-corrected chi connectivity index (χ4v) is 1.99. The minimum absolute atomic E-state index is 0.0238. The molecule has 0 aliphatic heterocycles. The molecule has 0 saturated heterocycles. The van der Waals surface area contributed by atoms with Gasteiger partial charge in [-0.25, -0.2) is 9.97 Å². The first-order valence-corrected chi connectivity index (χ1v) is 6.46. The van der Waals surface area contributed by atoms with E-state index in [1.807, 2.05) is 13.8 Å². The number of aryl methyl sites for hydroxylation is 1. The number of rotatable bonds is 4. The molecular formula is C14H15F3N4. The van der Waals surface area contributed by atoms with E-state index in [0.717, 1.165) is 17.8 Å². The normalized spacial score (nSPS) is 13.2. The van der Waals surface area contributed by atoms with Crippen molar-refractivity contribution in [2.75, 3.05) is 6.54 Å². The lowest BCUT2D eigenvalue weighted by atomic mass is 10.0. The molecule has 1 atom stereocenters. The van der Waals surface area contributed by atoms with Gasteiger partial charge in [0.1, 0.15) is 5.82 Å². The fraction of sp³-hybridized carbons (Fsp3) is 0.357. The molecule has 2 aromatic rings. The van der Waals surface area contributed by atoms with Crippen molar-refractivity contribution in [1.29, 1.82) is 0 Å². The summed E-state index contributed by atoms with van der Waals surface area (Å²) in [5.74, 6) is 0.293. The molecule has 21 heavy (non-hydrogen) atoms. The van der Waals surface area contributed by atoms with Crippen molar-refractivity contribution in [3.05, 3.63) is 53.4 Å². The largest absolute Gasteiger partial charge is 0.416 e. The average Bonchev–Trinajstić information content (AvgIpc) is 2.45. The Bertz CT molecular complexity index is 596. The molecule has 0 spiro atoms. The van der Waals surface area contributed by atoms with Crippen LogP contribution in [0.5, 0.6) is 0 Å². The molecule has 0 saturated carbocycles. The van der Waals surface area contributed by atoms with Gasteiger partial charge >= 0.3 is 6.18 Å². The van der Waals surface area contributed by atoms with Gasteiger partial charge in [0.05, 0.1) is 11.6 Å². The van der Waals surface area contributed by atoms with E-state index in [1.165, 1.54) is 6.20 Å². The Morgan fingerprint density at radius 2 is 1.86 bits per heavy atom. The summed E-state index contributed by atoms with van der Waals surface area (Å²) in [5.41, 5.74) is 0.138. The molecule has 0 aromatic carbocycles. The van der Waals surface area contributed by atoms with Gasteiger partial charge in [0.2, 0.25) is 0 Å². The molecule has 0 aliphatic carbocycles. The van der Waals surface area contributed by atoms with Crippen LogP contribution >= 0.6 is 0 Å². The predicted molar refractivity (Wildman–Crippen MR) is 71.5 cm³/mol. The second-order valence-electron chi connectivity index (χ2n) is 4.57. The van der Waals surface area contributed by atoms with Gasteiger partial charge in [-0.1, -0.05) is 6.92 Å². The van der Waals surface area contributed by atoms with E-state index in [4.69, 9.17) is 0 Å². The van der Waals surface area contributed by atoms with Crippen LogP contribution in [-0.2, 0) is 6.18 Å². The van der Waals surface area contributed by atoms with E-state index in [0.29, 0.717) is 12.4 Å². The predicted octanol–water partition coefficient (Wildman–Crippen LogP) is 2.90. The Labute approximate surface area is 120 Å². The van der Waals surface area contributed by atoms with Crippen molar-refractivity contribution in [3.8, 4) is 0 Å². The van der Waals surface area contributed by atoms with Gasteiger partial charge < -0.3 is 5.32 Å². The molecule has 2 heterocycles. The van der Waals surface area contributed by atoms with Crippen molar-refractivity contribution in [2.45, 2.75) is 26.1 Å². The van der Waals surface area contributed by atoms with Gasteiger partial charge in [0, 0.05) is 30.4 Å². The van der Waals surface area contributed by atoms with Crippen LogP contribution in [-0.4, -0.2) is 21.5 Å². The van der Waals surface area contributed by atoms with E-state index in [2.05, 4.69) is 20.3 Å². The van der Waals surface area contributed by atoms with Crippen molar-refractivity contribution in [1.82, 2.24) is 20.3 Å². The number of halogens is 3. The second-order valence-corrected chi connectivity index (χ2v) is 4.57. The van der Waals surface area contributed by atoms with Gasteiger partial charge in [-0.3, -0.25) is 4.98 Å². The number of nitrogens with one attached hydrogen (secondary N) is 1. The topological polar surface area (TPSA) is 50.7 Å². The van der Waals surface area contributed by atoms with Gasteiger partial charge in [-0.2, -0.15) is 13.2 Å². The van der Waals surface area contributed by atoms with Gasteiger partial charge in [0.15, 0.2) is 0 Å². The second kappa shape index (κ2) is 6.17. The summed E-state index contributed by atoms with van der Waals surface area (Å²) in [5, 5.41) is 2.98. The summed E-state index contributed by atoms with van der Waals surface area (Å²) in [4.78, 5) is 12.1. The molecule has 0 amide bonds. The van der Waals surface area contributed by atoms with Crippen molar-refractivity contribution < 1.29 is 13.2 Å². The molecule has 7 heteroatoms. The Morgan fingerprint density at radius 3 is 2.43 bits per heavy atom. The number of nitrogens with zero attached hydrogens (tertiary/aromatic N) is 3. The maximum Gasteiger partial charge on any atom is 0.416 e. The van der Waals surface area contributed by atoms with E-state index < -0.39 is 17.8 Å². The van der Waals surface area contributed by atoms with Crippen LogP contribution < -0.4 is 5.32 Å². The highest BCUT2D eigenvalue weighted by Gasteiger charge is 2.36. The lowest BCUT2D eigenvalue weighted by Crippen LogP contribution is -2.27. The van der Waals surface area contributed by atoms with E-state index >= 15 is 0 Å². The highest BCUT2D eigenvalue weighted by molar-refractivity contribution is 5.33. The number of alkyl halides is 3. The molecule has 0 aliphatic rings. The quantitative estimate of drug-likeness (QED) is 0.942. The Hall–Kier alpha value is -2.02. The van der Waals surface area contributed by atoms with Crippen molar-refractivity contribution >= 4 is 0 Å². The first kappa shape index (κ1) is 15.4. The Kier molecular flexibility index (Phi) is 4.52. The molecule has 0 bridgehead atoms. The molecular weight excluding hydrogens is 281 g/mol.